The Morgan fingerprint density at radius 2 is 2.29 bits per heavy atom. The third kappa shape index (κ3) is 3.59. The van der Waals surface area contributed by atoms with Gasteiger partial charge in [-0.25, -0.2) is 4.98 Å². The maximum atomic E-state index is 10.8. The lowest BCUT2D eigenvalue weighted by molar-refractivity contribution is -0.133. The summed E-state index contributed by atoms with van der Waals surface area (Å²) >= 11 is 4.63. The highest BCUT2D eigenvalue weighted by Crippen LogP contribution is 2.30. The minimum Gasteiger partial charge on any atom is -0.495 e. The van der Waals surface area contributed by atoms with Crippen molar-refractivity contribution in [2.75, 3.05) is 12.9 Å². The quantitative estimate of drug-likeness (QED) is 0.789. The van der Waals surface area contributed by atoms with E-state index in [1.165, 1.54) is 11.8 Å². The Morgan fingerprint density at radius 3 is 2.90 bits per heavy atom. The Morgan fingerprint density at radius 1 is 1.52 bits per heavy atom. The number of thioether (sulfide) groups is 1. The van der Waals surface area contributed by atoms with Gasteiger partial charge in [0.25, 0.3) is 0 Å². The van der Waals surface area contributed by atoms with Crippen LogP contribution in [-0.2, 0) is 11.2 Å². The summed E-state index contributed by atoms with van der Waals surface area (Å²) < 4.78 is 8.14. The van der Waals surface area contributed by atoms with Crippen LogP contribution in [0.3, 0.4) is 0 Å². The largest absolute Gasteiger partial charge is 0.495 e. The van der Waals surface area contributed by atoms with Crippen molar-refractivity contribution in [1.29, 1.82) is 0 Å². The summed E-state index contributed by atoms with van der Waals surface area (Å²) in [5.41, 5.74) is 1.92. The molecule has 0 radical (unpaired) electrons. The van der Waals surface area contributed by atoms with Crippen LogP contribution in [0.25, 0.3) is 5.69 Å². The summed E-state index contributed by atoms with van der Waals surface area (Å²) in [6, 6.07) is 5.74. The number of carboxylic acids is 1. The number of halogens is 1. The molecule has 0 saturated heterocycles. The van der Waals surface area contributed by atoms with Gasteiger partial charge in [-0.2, -0.15) is 0 Å². The molecule has 112 valence electrons. The van der Waals surface area contributed by atoms with Gasteiger partial charge < -0.3 is 9.84 Å². The number of methoxy groups -OCH3 is 1. The molecular formula is C14H15BrN2O3S. The van der Waals surface area contributed by atoms with Gasteiger partial charge in [-0.15, -0.1) is 0 Å². The molecule has 0 spiro atoms. The highest BCUT2D eigenvalue weighted by molar-refractivity contribution is 9.10. The number of benzene rings is 1. The van der Waals surface area contributed by atoms with Gasteiger partial charge in [0.15, 0.2) is 5.16 Å². The molecule has 0 aliphatic rings. The van der Waals surface area contributed by atoms with Crippen LogP contribution in [0.1, 0.15) is 12.6 Å². The number of carboxylic acid groups (broad SMARTS) is 1. The lowest BCUT2D eigenvalue weighted by Crippen LogP contribution is -2.04. The van der Waals surface area contributed by atoms with E-state index in [1.54, 1.807) is 13.3 Å². The zero-order valence-electron chi connectivity index (χ0n) is 11.7. The fourth-order valence-electron chi connectivity index (χ4n) is 1.91. The Bertz CT molecular complexity index is 658. The van der Waals surface area contributed by atoms with Crippen LogP contribution < -0.4 is 4.74 Å². The lowest BCUT2D eigenvalue weighted by atomic mass is 10.2. The second kappa shape index (κ2) is 7.00. The summed E-state index contributed by atoms with van der Waals surface area (Å²) in [7, 11) is 1.61. The first-order valence-electron chi connectivity index (χ1n) is 6.32. The molecule has 7 heteroatoms. The average Bonchev–Trinajstić information content (AvgIpc) is 2.88. The number of imidazole rings is 1. The molecule has 1 aromatic heterocycles. The third-order valence-corrected chi connectivity index (χ3v) is 4.47. The molecule has 0 saturated carbocycles. The molecule has 0 fully saturated rings. The van der Waals surface area contributed by atoms with E-state index in [9.17, 15) is 4.79 Å². The SMILES string of the molecule is CCc1cnc(SCC(=O)O)n1-c1ccc(Br)c(OC)c1. The number of carbonyl (C=O) groups is 1. The zero-order valence-corrected chi connectivity index (χ0v) is 14.1. The van der Waals surface area contributed by atoms with Gasteiger partial charge in [0.05, 0.1) is 23.0 Å². The molecule has 0 unspecified atom stereocenters. The van der Waals surface area contributed by atoms with Gasteiger partial charge in [-0.1, -0.05) is 18.7 Å². The minimum atomic E-state index is -0.860. The zero-order chi connectivity index (χ0) is 15.4. The van der Waals surface area contributed by atoms with Crippen molar-refractivity contribution in [3.63, 3.8) is 0 Å². The number of aromatic nitrogens is 2. The number of nitrogens with zero attached hydrogens (tertiary/aromatic N) is 2. The molecule has 0 bridgehead atoms. The molecule has 0 amide bonds. The normalized spacial score (nSPS) is 10.6. The van der Waals surface area contributed by atoms with Crippen LogP contribution in [0.5, 0.6) is 5.75 Å². The van der Waals surface area contributed by atoms with Crippen molar-refractivity contribution >= 4 is 33.7 Å². The summed E-state index contributed by atoms with van der Waals surface area (Å²) in [5, 5.41) is 9.50. The first-order chi connectivity index (χ1) is 10.1. The fourth-order valence-corrected chi connectivity index (χ4v) is 3.05. The van der Waals surface area contributed by atoms with E-state index < -0.39 is 5.97 Å². The first-order valence-corrected chi connectivity index (χ1v) is 8.09. The molecule has 0 atom stereocenters. The Hall–Kier alpha value is -1.47. The predicted molar refractivity (Wildman–Crippen MR) is 85.6 cm³/mol. The van der Waals surface area contributed by atoms with Gasteiger partial charge in [0, 0.05) is 18.0 Å². The molecular weight excluding hydrogens is 356 g/mol. The van der Waals surface area contributed by atoms with Gasteiger partial charge in [0.1, 0.15) is 5.75 Å². The van der Waals surface area contributed by atoms with Crippen molar-refractivity contribution < 1.29 is 14.6 Å². The topological polar surface area (TPSA) is 64.3 Å². The van der Waals surface area contributed by atoms with Gasteiger partial charge >= 0.3 is 5.97 Å². The van der Waals surface area contributed by atoms with E-state index in [2.05, 4.69) is 20.9 Å². The van der Waals surface area contributed by atoms with Crippen LogP contribution in [0.15, 0.2) is 34.0 Å². The van der Waals surface area contributed by atoms with E-state index in [4.69, 9.17) is 9.84 Å². The van der Waals surface area contributed by atoms with Crippen LogP contribution in [0.2, 0.25) is 0 Å². The monoisotopic (exact) mass is 370 g/mol. The van der Waals surface area contributed by atoms with Crippen molar-refractivity contribution in [1.82, 2.24) is 9.55 Å². The highest BCUT2D eigenvalue weighted by Gasteiger charge is 2.14. The lowest BCUT2D eigenvalue weighted by Gasteiger charge is -2.12. The van der Waals surface area contributed by atoms with Gasteiger partial charge in [-0.05, 0) is 34.5 Å². The number of hydrogen-bond acceptors (Lipinski definition) is 4. The Kier molecular flexibility index (Phi) is 5.30. The molecule has 2 rings (SSSR count). The molecule has 5 nitrogen and oxygen atoms in total. The number of ether oxygens (including phenoxy) is 1. The fraction of sp³-hybridized carbons (Fsp3) is 0.286. The first kappa shape index (κ1) is 15.9. The molecule has 1 heterocycles. The van der Waals surface area contributed by atoms with Gasteiger partial charge in [-0.3, -0.25) is 9.36 Å². The molecule has 21 heavy (non-hydrogen) atoms. The molecule has 1 N–H and O–H groups in total. The Balaban J connectivity index is 2.45. The van der Waals surface area contributed by atoms with Crippen LogP contribution in [0.4, 0.5) is 0 Å². The van der Waals surface area contributed by atoms with Crippen molar-refractivity contribution in [3.8, 4) is 11.4 Å². The number of aryl methyl sites for hydroxylation is 1. The molecule has 2 aromatic rings. The number of rotatable bonds is 6. The van der Waals surface area contributed by atoms with Crippen LogP contribution >= 0.6 is 27.7 Å². The maximum absolute atomic E-state index is 10.8. The molecule has 1 aromatic carbocycles. The summed E-state index contributed by atoms with van der Waals surface area (Å²) in [6.45, 7) is 2.04. The van der Waals surface area contributed by atoms with E-state index in [1.807, 2.05) is 29.7 Å². The predicted octanol–water partition coefficient (Wildman–Crippen LogP) is 3.38. The van der Waals surface area contributed by atoms with Crippen LogP contribution in [0, 0.1) is 0 Å². The average molecular weight is 371 g/mol. The standard InChI is InChI=1S/C14H15BrN2O3S/c1-3-9-7-16-14(21-8-13(18)19)17(9)10-4-5-11(15)12(6-10)20-2/h4-7H,3,8H2,1-2H3,(H,18,19). The Labute approximate surface area is 135 Å². The molecule has 0 aliphatic heterocycles. The summed E-state index contributed by atoms with van der Waals surface area (Å²) in [5.74, 6) is -0.160. The second-order valence-electron chi connectivity index (χ2n) is 4.22. The van der Waals surface area contributed by atoms with E-state index in [0.717, 1.165) is 28.0 Å². The highest BCUT2D eigenvalue weighted by atomic mass is 79.9. The second-order valence-corrected chi connectivity index (χ2v) is 6.02. The van der Waals surface area contributed by atoms with Crippen molar-refractivity contribution in [3.05, 3.63) is 34.6 Å². The van der Waals surface area contributed by atoms with Crippen molar-refractivity contribution in [2.45, 2.75) is 18.5 Å². The van der Waals surface area contributed by atoms with Gasteiger partial charge in [0.2, 0.25) is 0 Å². The summed E-state index contributed by atoms with van der Waals surface area (Å²) in [4.78, 5) is 15.1. The van der Waals surface area contributed by atoms with E-state index in [0.29, 0.717) is 5.16 Å². The minimum absolute atomic E-state index is 0.0200. The molecule has 0 aliphatic carbocycles. The maximum Gasteiger partial charge on any atom is 0.313 e. The summed E-state index contributed by atoms with van der Waals surface area (Å²) in [6.07, 6.45) is 2.58. The van der Waals surface area contributed by atoms with E-state index in [-0.39, 0.29) is 5.75 Å². The van der Waals surface area contributed by atoms with Crippen LogP contribution in [-0.4, -0.2) is 33.5 Å². The van der Waals surface area contributed by atoms with Crippen molar-refractivity contribution in [2.24, 2.45) is 0 Å². The third-order valence-electron chi connectivity index (χ3n) is 2.88. The number of aliphatic carboxylic acids is 1. The smallest absolute Gasteiger partial charge is 0.313 e. The van der Waals surface area contributed by atoms with E-state index >= 15 is 0 Å². The number of hydrogen-bond donors (Lipinski definition) is 1.